The highest BCUT2D eigenvalue weighted by molar-refractivity contribution is 9.10. The van der Waals surface area contributed by atoms with E-state index in [4.69, 9.17) is 23.2 Å². The molecule has 8 nitrogen and oxygen atoms in total. The predicted molar refractivity (Wildman–Crippen MR) is 143 cm³/mol. The van der Waals surface area contributed by atoms with Gasteiger partial charge in [0.2, 0.25) is 0 Å². The van der Waals surface area contributed by atoms with Crippen molar-refractivity contribution in [2.45, 2.75) is 45.2 Å². The van der Waals surface area contributed by atoms with E-state index in [0.29, 0.717) is 25.0 Å². The second kappa shape index (κ2) is 12.8. The number of aromatic nitrogens is 3. The predicted octanol–water partition coefficient (Wildman–Crippen LogP) is 8.06. The van der Waals surface area contributed by atoms with E-state index in [9.17, 15) is 27.9 Å². The molecule has 204 valence electrons. The minimum Gasteiger partial charge on any atom is -0.465 e. The summed E-state index contributed by atoms with van der Waals surface area (Å²) in [5, 5.41) is 16.2. The third-order valence-electron chi connectivity index (χ3n) is 5.49. The van der Waals surface area contributed by atoms with Crippen molar-refractivity contribution in [3.63, 3.8) is 0 Å². The van der Waals surface area contributed by atoms with Crippen molar-refractivity contribution in [3.05, 3.63) is 62.4 Å². The molecule has 2 N–H and O–H groups in total. The van der Waals surface area contributed by atoms with Crippen molar-refractivity contribution < 1.29 is 27.9 Å². The SMILES string of the molecule is CCCCCCCN(C(=O)O)c1cc(C(F)(F)F)cc(Cl)c1NC(=O)c1cc(Br)nn1-c1ncccc1Cl. The van der Waals surface area contributed by atoms with Crippen LogP contribution < -0.4 is 10.2 Å². The minimum absolute atomic E-state index is 0.0826. The lowest BCUT2D eigenvalue weighted by Gasteiger charge is -2.25. The number of rotatable bonds is 10. The van der Waals surface area contributed by atoms with E-state index in [1.165, 1.54) is 18.3 Å². The van der Waals surface area contributed by atoms with Crippen molar-refractivity contribution in [2.24, 2.45) is 0 Å². The summed E-state index contributed by atoms with van der Waals surface area (Å²) in [6, 6.07) is 5.76. The van der Waals surface area contributed by atoms with Crippen molar-refractivity contribution in [1.82, 2.24) is 14.8 Å². The first-order valence-corrected chi connectivity index (χ1v) is 13.1. The smallest absolute Gasteiger partial charge is 0.416 e. The average Bonchev–Trinajstić information content (AvgIpc) is 3.23. The molecule has 0 saturated carbocycles. The van der Waals surface area contributed by atoms with Gasteiger partial charge in [-0.3, -0.25) is 9.69 Å². The van der Waals surface area contributed by atoms with E-state index in [-0.39, 0.29) is 33.4 Å². The van der Waals surface area contributed by atoms with Gasteiger partial charge in [0.1, 0.15) is 10.3 Å². The van der Waals surface area contributed by atoms with Crippen LogP contribution in [0.3, 0.4) is 0 Å². The summed E-state index contributed by atoms with van der Waals surface area (Å²) in [4.78, 5) is 30.3. The number of carbonyl (C=O) groups excluding carboxylic acids is 1. The maximum absolute atomic E-state index is 13.6. The number of nitrogens with zero attached hydrogens (tertiary/aromatic N) is 4. The molecule has 0 bridgehead atoms. The number of hydrogen-bond acceptors (Lipinski definition) is 4. The highest BCUT2D eigenvalue weighted by atomic mass is 79.9. The number of anilines is 2. The number of halogens is 6. The molecule has 0 saturated heterocycles. The largest absolute Gasteiger partial charge is 0.465 e. The zero-order chi connectivity index (χ0) is 28.0. The van der Waals surface area contributed by atoms with E-state index in [1.54, 1.807) is 6.07 Å². The quantitative estimate of drug-likeness (QED) is 0.219. The van der Waals surface area contributed by atoms with Gasteiger partial charge in [-0.15, -0.1) is 0 Å². The number of carboxylic acid groups (broad SMARTS) is 1. The molecule has 0 fully saturated rings. The Hall–Kier alpha value is -2.83. The highest BCUT2D eigenvalue weighted by Gasteiger charge is 2.34. The van der Waals surface area contributed by atoms with Crippen LogP contribution in [0.4, 0.5) is 29.3 Å². The van der Waals surface area contributed by atoms with Gasteiger partial charge in [0.05, 0.1) is 27.0 Å². The highest BCUT2D eigenvalue weighted by Crippen LogP contribution is 2.41. The Bertz CT molecular complexity index is 1320. The molecule has 0 radical (unpaired) electrons. The standard InChI is InChI=1S/C24H23BrCl2F3N5O3/c1-2-3-4-5-6-10-34(23(37)38)17-12-14(24(28,29)30)11-16(27)20(17)32-22(36)18-13-19(25)33-35(18)21-15(26)8-7-9-31-21/h7-9,11-13H,2-6,10H2,1H3,(H,32,36)(H,37,38). The number of benzene rings is 1. The van der Waals surface area contributed by atoms with E-state index >= 15 is 0 Å². The summed E-state index contributed by atoms with van der Waals surface area (Å²) in [6.07, 6.45) is -0.980. The normalized spacial score (nSPS) is 11.4. The van der Waals surface area contributed by atoms with Crippen molar-refractivity contribution in [1.29, 1.82) is 0 Å². The Morgan fingerprint density at radius 2 is 1.84 bits per heavy atom. The molecule has 0 unspecified atom stereocenters. The second-order valence-electron chi connectivity index (χ2n) is 8.23. The van der Waals surface area contributed by atoms with Crippen LogP contribution in [0, 0.1) is 0 Å². The fourth-order valence-corrected chi connectivity index (χ4v) is 4.51. The maximum Gasteiger partial charge on any atom is 0.416 e. The van der Waals surface area contributed by atoms with Crippen LogP contribution in [-0.4, -0.2) is 38.4 Å². The molecule has 2 aromatic heterocycles. The molecule has 14 heteroatoms. The number of pyridine rings is 1. The molecule has 3 aromatic rings. The van der Waals surface area contributed by atoms with E-state index < -0.39 is 34.5 Å². The fraction of sp³-hybridized carbons (Fsp3) is 0.333. The molecule has 0 atom stereocenters. The molecule has 2 heterocycles. The molecule has 1 aromatic carbocycles. The Morgan fingerprint density at radius 1 is 1.13 bits per heavy atom. The van der Waals surface area contributed by atoms with Gasteiger partial charge < -0.3 is 10.4 Å². The van der Waals surface area contributed by atoms with Gasteiger partial charge >= 0.3 is 12.3 Å². The third kappa shape index (κ3) is 7.17. The van der Waals surface area contributed by atoms with E-state index in [0.717, 1.165) is 28.8 Å². The summed E-state index contributed by atoms with van der Waals surface area (Å²) in [6.45, 7) is 1.93. The summed E-state index contributed by atoms with van der Waals surface area (Å²) < 4.78 is 42.2. The van der Waals surface area contributed by atoms with Crippen molar-refractivity contribution >= 4 is 62.5 Å². The van der Waals surface area contributed by atoms with Crippen LogP contribution in [0.1, 0.15) is 55.1 Å². The Labute approximate surface area is 234 Å². The van der Waals surface area contributed by atoms with E-state index in [1.807, 2.05) is 6.92 Å². The first-order valence-electron chi connectivity index (χ1n) is 11.5. The molecule has 2 amide bonds. The van der Waals surface area contributed by atoms with Crippen molar-refractivity contribution in [3.8, 4) is 5.82 Å². The minimum atomic E-state index is -4.80. The van der Waals surface area contributed by atoms with Gasteiger partial charge in [0.15, 0.2) is 5.82 Å². The second-order valence-corrected chi connectivity index (χ2v) is 9.85. The molecule has 3 rings (SSSR count). The summed E-state index contributed by atoms with van der Waals surface area (Å²) in [5.41, 5.74) is -1.93. The Balaban J connectivity index is 2.04. The molecule has 0 aliphatic carbocycles. The first-order chi connectivity index (χ1) is 17.9. The number of amides is 2. The Morgan fingerprint density at radius 3 is 2.47 bits per heavy atom. The van der Waals surface area contributed by atoms with Crippen LogP contribution in [-0.2, 0) is 6.18 Å². The number of unbranched alkanes of at least 4 members (excludes halogenated alkanes) is 4. The number of nitrogens with one attached hydrogen (secondary N) is 1. The number of alkyl halides is 3. The number of hydrogen-bond donors (Lipinski definition) is 2. The van der Waals surface area contributed by atoms with Gasteiger partial charge in [-0.05, 0) is 46.6 Å². The number of carbonyl (C=O) groups is 2. The van der Waals surface area contributed by atoms with Crippen molar-refractivity contribution in [2.75, 3.05) is 16.8 Å². The van der Waals surface area contributed by atoms with Gasteiger partial charge in [-0.2, -0.15) is 18.3 Å². The molecular formula is C24H23BrCl2F3N5O3. The lowest BCUT2D eigenvalue weighted by Crippen LogP contribution is -2.32. The van der Waals surface area contributed by atoms with Gasteiger partial charge in [0, 0.05) is 18.8 Å². The summed E-state index contributed by atoms with van der Waals surface area (Å²) in [7, 11) is 0. The lowest BCUT2D eigenvalue weighted by atomic mass is 10.1. The lowest BCUT2D eigenvalue weighted by molar-refractivity contribution is -0.137. The van der Waals surface area contributed by atoms with Gasteiger partial charge in [-0.25, -0.2) is 14.5 Å². The zero-order valence-electron chi connectivity index (χ0n) is 20.0. The van der Waals surface area contributed by atoms with Gasteiger partial charge in [-0.1, -0.05) is 55.8 Å². The zero-order valence-corrected chi connectivity index (χ0v) is 23.1. The topological polar surface area (TPSA) is 100 Å². The molecular weight excluding hydrogens is 614 g/mol. The summed E-state index contributed by atoms with van der Waals surface area (Å²) >= 11 is 15.6. The van der Waals surface area contributed by atoms with Crippen LogP contribution in [0.15, 0.2) is 41.1 Å². The molecule has 0 spiro atoms. The van der Waals surface area contributed by atoms with E-state index in [2.05, 4.69) is 31.3 Å². The first kappa shape index (κ1) is 29.7. The monoisotopic (exact) mass is 635 g/mol. The molecule has 0 aliphatic heterocycles. The maximum atomic E-state index is 13.6. The summed E-state index contributed by atoms with van der Waals surface area (Å²) in [5.74, 6) is -0.705. The van der Waals surface area contributed by atoms with Crippen LogP contribution in [0.25, 0.3) is 5.82 Å². The van der Waals surface area contributed by atoms with Crippen LogP contribution >= 0.6 is 39.1 Å². The Kier molecular flexibility index (Phi) is 10.0. The molecule has 0 aliphatic rings. The third-order valence-corrected chi connectivity index (χ3v) is 6.47. The fourth-order valence-electron chi connectivity index (χ4n) is 3.67. The molecule has 38 heavy (non-hydrogen) atoms. The van der Waals surface area contributed by atoms with Crippen LogP contribution in [0.2, 0.25) is 10.0 Å². The average molecular weight is 637 g/mol. The van der Waals surface area contributed by atoms with Gasteiger partial charge in [0.25, 0.3) is 5.91 Å². The van der Waals surface area contributed by atoms with Crippen LogP contribution in [0.5, 0.6) is 0 Å².